The van der Waals surface area contributed by atoms with Crippen LogP contribution in [0.25, 0.3) is 0 Å². The predicted octanol–water partition coefficient (Wildman–Crippen LogP) is 1.58. The van der Waals surface area contributed by atoms with Crippen LogP contribution in [0.4, 0.5) is 0 Å². The Morgan fingerprint density at radius 3 is 2.22 bits per heavy atom. The summed E-state index contributed by atoms with van der Waals surface area (Å²) in [5, 5.41) is -0.556. The molecule has 0 bridgehead atoms. The molecule has 4 nitrogen and oxygen atoms in total. The minimum absolute atomic E-state index is 0.379. The summed E-state index contributed by atoms with van der Waals surface area (Å²) in [4.78, 5) is 0. The van der Waals surface area contributed by atoms with E-state index in [1.807, 2.05) is 24.3 Å². The molecule has 0 radical (unpaired) electrons. The third-order valence-corrected chi connectivity index (χ3v) is 4.82. The van der Waals surface area contributed by atoms with Gasteiger partial charge in [0.25, 0.3) is 0 Å². The van der Waals surface area contributed by atoms with Crippen LogP contribution in [-0.2, 0) is 16.3 Å². The molecule has 1 aromatic rings. The van der Waals surface area contributed by atoms with E-state index in [-0.39, 0.29) is 6.04 Å². The van der Waals surface area contributed by atoms with Crippen molar-refractivity contribution >= 4 is 9.84 Å². The molecular formula is C13H22N2O2S. The van der Waals surface area contributed by atoms with Crippen molar-refractivity contribution in [1.29, 1.82) is 0 Å². The fourth-order valence-electron chi connectivity index (χ4n) is 1.93. The lowest BCUT2D eigenvalue weighted by molar-refractivity contribution is 0.513. The van der Waals surface area contributed by atoms with Gasteiger partial charge in [-0.2, -0.15) is 0 Å². The number of nitrogens with one attached hydrogen (secondary N) is 1. The van der Waals surface area contributed by atoms with Crippen LogP contribution in [0.2, 0.25) is 0 Å². The molecule has 2 atom stereocenters. The van der Waals surface area contributed by atoms with E-state index in [9.17, 15) is 8.42 Å². The van der Waals surface area contributed by atoms with E-state index in [4.69, 9.17) is 5.84 Å². The van der Waals surface area contributed by atoms with Gasteiger partial charge in [-0.3, -0.25) is 11.3 Å². The summed E-state index contributed by atoms with van der Waals surface area (Å²) in [5.74, 6) is 5.48. The Kier molecular flexibility index (Phi) is 5.31. The zero-order valence-electron chi connectivity index (χ0n) is 11.2. The van der Waals surface area contributed by atoms with Crippen molar-refractivity contribution in [1.82, 2.24) is 5.43 Å². The van der Waals surface area contributed by atoms with Gasteiger partial charge in [0.05, 0.1) is 11.3 Å². The highest BCUT2D eigenvalue weighted by atomic mass is 32.2. The molecule has 102 valence electrons. The zero-order valence-corrected chi connectivity index (χ0v) is 12.0. The fraction of sp³-hybridized carbons (Fsp3) is 0.538. The van der Waals surface area contributed by atoms with E-state index in [2.05, 4.69) is 12.3 Å². The van der Waals surface area contributed by atoms with Crippen LogP contribution in [0.15, 0.2) is 24.3 Å². The Morgan fingerprint density at radius 1 is 1.28 bits per heavy atom. The van der Waals surface area contributed by atoms with E-state index in [0.717, 1.165) is 18.4 Å². The highest BCUT2D eigenvalue weighted by Crippen LogP contribution is 2.21. The predicted molar refractivity (Wildman–Crippen MR) is 74.8 cm³/mol. The van der Waals surface area contributed by atoms with E-state index in [1.54, 1.807) is 6.92 Å². The topological polar surface area (TPSA) is 72.2 Å². The van der Waals surface area contributed by atoms with Crippen LogP contribution in [0.3, 0.4) is 0 Å². The van der Waals surface area contributed by atoms with Crippen LogP contribution < -0.4 is 11.3 Å². The van der Waals surface area contributed by atoms with Gasteiger partial charge in [-0.25, -0.2) is 8.42 Å². The van der Waals surface area contributed by atoms with Crippen molar-refractivity contribution in [2.45, 2.75) is 38.0 Å². The molecule has 2 unspecified atom stereocenters. The lowest BCUT2D eigenvalue weighted by atomic mass is 10.0. The molecule has 0 aliphatic rings. The van der Waals surface area contributed by atoms with Gasteiger partial charge in [0.2, 0.25) is 0 Å². The molecule has 1 aromatic carbocycles. The second-order valence-electron chi connectivity index (χ2n) is 4.67. The monoisotopic (exact) mass is 270 g/mol. The van der Waals surface area contributed by atoms with Gasteiger partial charge in [-0.05, 0) is 24.5 Å². The van der Waals surface area contributed by atoms with Crippen LogP contribution in [0.5, 0.6) is 0 Å². The molecule has 0 heterocycles. The number of aryl methyl sites for hydroxylation is 1. The smallest absolute Gasteiger partial charge is 0.151 e. The highest BCUT2D eigenvalue weighted by molar-refractivity contribution is 7.91. The van der Waals surface area contributed by atoms with Crippen LogP contribution in [0, 0.1) is 0 Å². The first-order valence-corrected chi connectivity index (χ1v) is 8.09. The van der Waals surface area contributed by atoms with Crippen molar-refractivity contribution in [2.75, 3.05) is 6.26 Å². The van der Waals surface area contributed by atoms with Crippen molar-refractivity contribution in [2.24, 2.45) is 5.84 Å². The number of hydrogen-bond acceptors (Lipinski definition) is 4. The summed E-state index contributed by atoms with van der Waals surface area (Å²) >= 11 is 0. The number of benzene rings is 1. The molecule has 5 heteroatoms. The second-order valence-corrected chi connectivity index (χ2v) is 7.07. The Labute approximate surface area is 109 Å². The summed E-state index contributed by atoms with van der Waals surface area (Å²) in [6, 6.07) is 7.56. The molecule has 0 spiro atoms. The maximum absolute atomic E-state index is 11.6. The SMILES string of the molecule is CCCc1ccc(C(NN)C(C)S(C)(=O)=O)cc1. The first-order chi connectivity index (χ1) is 8.40. The maximum atomic E-state index is 11.6. The normalized spacial score (nSPS) is 15.3. The Balaban J connectivity index is 2.96. The first-order valence-electron chi connectivity index (χ1n) is 6.14. The summed E-state index contributed by atoms with van der Waals surface area (Å²) in [7, 11) is -3.13. The minimum atomic E-state index is -3.13. The van der Waals surface area contributed by atoms with Crippen LogP contribution in [-0.4, -0.2) is 19.9 Å². The summed E-state index contributed by atoms with van der Waals surface area (Å²) < 4.78 is 23.2. The van der Waals surface area contributed by atoms with E-state index < -0.39 is 15.1 Å². The molecule has 0 saturated heterocycles. The van der Waals surface area contributed by atoms with Gasteiger partial charge in [0, 0.05) is 6.26 Å². The number of hydrogen-bond donors (Lipinski definition) is 2. The minimum Gasteiger partial charge on any atom is -0.271 e. The third kappa shape index (κ3) is 3.80. The third-order valence-electron chi connectivity index (χ3n) is 3.20. The fourth-order valence-corrected chi connectivity index (χ4v) is 2.66. The van der Waals surface area contributed by atoms with Crippen LogP contribution in [0.1, 0.15) is 37.4 Å². The Morgan fingerprint density at radius 2 is 1.83 bits per heavy atom. The van der Waals surface area contributed by atoms with Crippen LogP contribution >= 0.6 is 0 Å². The van der Waals surface area contributed by atoms with Crippen molar-refractivity contribution in [3.8, 4) is 0 Å². The molecule has 0 amide bonds. The molecule has 0 saturated carbocycles. The van der Waals surface area contributed by atoms with Crippen molar-refractivity contribution in [3.63, 3.8) is 0 Å². The molecule has 0 aromatic heterocycles. The van der Waals surface area contributed by atoms with E-state index in [0.29, 0.717) is 0 Å². The van der Waals surface area contributed by atoms with E-state index in [1.165, 1.54) is 11.8 Å². The number of hydrazine groups is 1. The van der Waals surface area contributed by atoms with Gasteiger partial charge in [-0.15, -0.1) is 0 Å². The largest absolute Gasteiger partial charge is 0.271 e. The van der Waals surface area contributed by atoms with E-state index >= 15 is 0 Å². The Hall–Kier alpha value is -0.910. The van der Waals surface area contributed by atoms with Gasteiger partial charge < -0.3 is 0 Å². The molecule has 3 N–H and O–H groups in total. The van der Waals surface area contributed by atoms with Gasteiger partial charge in [0.15, 0.2) is 9.84 Å². The number of sulfone groups is 1. The number of nitrogens with two attached hydrogens (primary N) is 1. The van der Waals surface area contributed by atoms with Crippen molar-refractivity contribution in [3.05, 3.63) is 35.4 Å². The molecule has 0 fully saturated rings. The molecule has 1 rings (SSSR count). The summed E-state index contributed by atoms with van der Waals surface area (Å²) in [6.07, 6.45) is 3.35. The lowest BCUT2D eigenvalue weighted by Crippen LogP contribution is -2.38. The van der Waals surface area contributed by atoms with Gasteiger partial charge >= 0.3 is 0 Å². The molecule has 0 aliphatic carbocycles. The van der Waals surface area contributed by atoms with Crippen molar-refractivity contribution < 1.29 is 8.42 Å². The lowest BCUT2D eigenvalue weighted by Gasteiger charge is -2.22. The maximum Gasteiger partial charge on any atom is 0.151 e. The summed E-state index contributed by atoms with van der Waals surface area (Å²) in [6.45, 7) is 3.80. The quantitative estimate of drug-likeness (QED) is 0.608. The average molecular weight is 270 g/mol. The molecular weight excluding hydrogens is 248 g/mol. The van der Waals surface area contributed by atoms with Gasteiger partial charge in [0.1, 0.15) is 0 Å². The highest BCUT2D eigenvalue weighted by Gasteiger charge is 2.26. The second kappa shape index (κ2) is 6.31. The zero-order chi connectivity index (χ0) is 13.8. The standard InChI is InChI=1S/C13H22N2O2S/c1-4-5-11-6-8-12(9-7-11)13(15-14)10(2)18(3,16)17/h6-10,13,15H,4-5,14H2,1-3H3. The average Bonchev–Trinajstić information content (AvgIpc) is 2.31. The molecule has 18 heavy (non-hydrogen) atoms. The van der Waals surface area contributed by atoms with Gasteiger partial charge in [-0.1, -0.05) is 37.6 Å². The Bertz CT molecular complexity index is 468. The summed E-state index contributed by atoms with van der Waals surface area (Å²) in [5.41, 5.74) is 4.75. The molecule has 0 aliphatic heterocycles. The number of rotatable bonds is 6. The first kappa shape index (κ1) is 15.1.